The van der Waals surface area contributed by atoms with Gasteiger partial charge in [-0.25, -0.2) is 0 Å². The second-order valence-corrected chi connectivity index (χ2v) is 9.18. The highest BCUT2D eigenvalue weighted by Crippen LogP contribution is 2.68. The van der Waals surface area contributed by atoms with Gasteiger partial charge in [0, 0.05) is 0 Å². The van der Waals surface area contributed by atoms with E-state index in [2.05, 4.69) is 62.3 Å². The number of rotatable bonds is 8. The lowest BCUT2D eigenvalue weighted by atomic mass is 9.53. The van der Waals surface area contributed by atoms with Gasteiger partial charge in [-0.2, -0.15) is 0 Å². The normalized spacial score (nSPS) is 26.4. The van der Waals surface area contributed by atoms with Crippen molar-refractivity contribution in [3.8, 4) is 0 Å². The highest BCUT2D eigenvalue weighted by atomic mass is 14.7. The van der Waals surface area contributed by atoms with Crippen LogP contribution in [0.2, 0.25) is 0 Å². The van der Waals surface area contributed by atoms with Gasteiger partial charge in [0.05, 0.1) is 0 Å². The summed E-state index contributed by atoms with van der Waals surface area (Å²) in [6.45, 7) is 22.2. The summed E-state index contributed by atoms with van der Waals surface area (Å²) in [7, 11) is 0. The number of hydrogen-bond donors (Lipinski definition) is 0. The van der Waals surface area contributed by atoms with E-state index in [9.17, 15) is 0 Å². The number of hydrogen-bond acceptors (Lipinski definition) is 0. The maximum Gasteiger partial charge on any atom is -0.0223 e. The maximum atomic E-state index is 2.58. The van der Waals surface area contributed by atoms with Crippen LogP contribution in [0.15, 0.2) is 0 Å². The van der Waals surface area contributed by atoms with Crippen LogP contribution >= 0.6 is 0 Å². The maximum absolute atomic E-state index is 2.58. The third-order valence-electron chi connectivity index (χ3n) is 7.18. The van der Waals surface area contributed by atoms with Crippen molar-refractivity contribution < 1.29 is 0 Å². The van der Waals surface area contributed by atoms with E-state index in [1.165, 1.54) is 32.1 Å². The van der Waals surface area contributed by atoms with E-state index in [1.807, 2.05) is 0 Å². The van der Waals surface area contributed by atoms with E-state index in [4.69, 9.17) is 0 Å². The standard InChI is InChI=1S/C20H40/c1-10-16(5)12-13-20(11-2,15(3)4)19(8,9)17-14-18(17,6)7/h15-17H,10-14H2,1-9H3. The Hall–Kier alpha value is 0. The molecular weight excluding hydrogens is 240 g/mol. The average Bonchev–Trinajstić information content (AvgIpc) is 2.99. The molecule has 1 aliphatic rings. The zero-order valence-electron chi connectivity index (χ0n) is 15.8. The summed E-state index contributed by atoms with van der Waals surface area (Å²) >= 11 is 0. The fourth-order valence-electron chi connectivity index (χ4n) is 5.15. The van der Waals surface area contributed by atoms with E-state index in [-0.39, 0.29) is 0 Å². The third kappa shape index (κ3) is 3.09. The summed E-state index contributed by atoms with van der Waals surface area (Å²) in [6.07, 6.45) is 6.90. The highest BCUT2D eigenvalue weighted by molar-refractivity contribution is 5.09. The van der Waals surface area contributed by atoms with Gasteiger partial charge in [-0.1, -0.05) is 75.2 Å². The van der Waals surface area contributed by atoms with Crippen molar-refractivity contribution in [1.82, 2.24) is 0 Å². The minimum Gasteiger partial charge on any atom is -0.0651 e. The van der Waals surface area contributed by atoms with Gasteiger partial charge in [0.15, 0.2) is 0 Å². The van der Waals surface area contributed by atoms with Crippen molar-refractivity contribution in [2.45, 2.75) is 94.4 Å². The molecule has 0 aromatic heterocycles. The van der Waals surface area contributed by atoms with Crippen LogP contribution in [0, 0.1) is 34.0 Å². The highest BCUT2D eigenvalue weighted by Gasteiger charge is 2.60. The zero-order valence-corrected chi connectivity index (χ0v) is 15.8. The van der Waals surface area contributed by atoms with Gasteiger partial charge < -0.3 is 0 Å². The molecule has 1 saturated carbocycles. The Bertz CT molecular complexity index is 310. The quantitative estimate of drug-likeness (QED) is 0.452. The summed E-state index contributed by atoms with van der Waals surface area (Å²) in [4.78, 5) is 0. The predicted molar refractivity (Wildman–Crippen MR) is 91.9 cm³/mol. The molecule has 0 spiro atoms. The fraction of sp³-hybridized carbons (Fsp3) is 1.00. The Balaban J connectivity index is 2.98. The Morgan fingerprint density at radius 3 is 1.90 bits per heavy atom. The minimum atomic E-state index is 0.465. The lowest BCUT2D eigenvalue weighted by Gasteiger charge is -2.52. The van der Waals surface area contributed by atoms with Crippen molar-refractivity contribution in [1.29, 1.82) is 0 Å². The summed E-state index contributed by atoms with van der Waals surface area (Å²) < 4.78 is 0. The van der Waals surface area contributed by atoms with Crippen molar-refractivity contribution in [2.75, 3.05) is 0 Å². The van der Waals surface area contributed by atoms with Crippen LogP contribution in [-0.2, 0) is 0 Å². The topological polar surface area (TPSA) is 0 Å². The second kappa shape index (κ2) is 6.01. The van der Waals surface area contributed by atoms with Gasteiger partial charge in [0.2, 0.25) is 0 Å². The SMILES string of the molecule is CCC(C)CCC(CC)(C(C)C)C(C)(C)C1CC1(C)C. The molecular formula is C20H40. The molecule has 0 N–H and O–H groups in total. The molecule has 120 valence electrons. The molecule has 0 heteroatoms. The fourth-order valence-corrected chi connectivity index (χ4v) is 5.15. The van der Waals surface area contributed by atoms with Crippen LogP contribution in [0.5, 0.6) is 0 Å². The van der Waals surface area contributed by atoms with Crippen molar-refractivity contribution in [2.24, 2.45) is 34.0 Å². The lowest BCUT2D eigenvalue weighted by molar-refractivity contribution is -0.0282. The molecule has 0 aromatic rings. The van der Waals surface area contributed by atoms with Crippen molar-refractivity contribution in [3.05, 3.63) is 0 Å². The van der Waals surface area contributed by atoms with E-state index < -0.39 is 0 Å². The summed E-state index contributed by atoms with van der Waals surface area (Å²) in [5.41, 5.74) is 1.55. The largest absolute Gasteiger partial charge is 0.0651 e. The zero-order chi connectivity index (χ0) is 15.8. The van der Waals surface area contributed by atoms with Crippen molar-refractivity contribution >= 4 is 0 Å². The molecule has 0 nitrogen and oxygen atoms in total. The van der Waals surface area contributed by atoms with Gasteiger partial charge in [0.25, 0.3) is 0 Å². The first-order valence-corrected chi connectivity index (χ1v) is 9.05. The molecule has 0 amide bonds. The minimum absolute atomic E-state index is 0.465. The van der Waals surface area contributed by atoms with E-state index in [0.717, 1.165) is 17.8 Å². The van der Waals surface area contributed by atoms with Gasteiger partial charge in [0.1, 0.15) is 0 Å². The molecule has 1 rings (SSSR count). The first-order chi connectivity index (χ1) is 9.05. The summed E-state index contributed by atoms with van der Waals surface area (Å²) in [5, 5.41) is 0. The second-order valence-electron chi connectivity index (χ2n) is 9.18. The van der Waals surface area contributed by atoms with Crippen LogP contribution in [-0.4, -0.2) is 0 Å². The Morgan fingerprint density at radius 2 is 1.60 bits per heavy atom. The van der Waals surface area contributed by atoms with Gasteiger partial charge >= 0.3 is 0 Å². The average molecular weight is 281 g/mol. The molecule has 1 aliphatic carbocycles. The smallest absolute Gasteiger partial charge is 0.0223 e. The Kier molecular flexibility index (Phi) is 5.43. The molecule has 3 atom stereocenters. The summed E-state index contributed by atoms with van der Waals surface area (Å²) in [6, 6.07) is 0. The van der Waals surface area contributed by atoms with E-state index >= 15 is 0 Å². The van der Waals surface area contributed by atoms with Gasteiger partial charge in [-0.3, -0.25) is 0 Å². The van der Waals surface area contributed by atoms with Crippen LogP contribution in [0.4, 0.5) is 0 Å². The molecule has 0 aliphatic heterocycles. The van der Waals surface area contributed by atoms with Gasteiger partial charge in [-0.05, 0) is 53.3 Å². The van der Waals surface area contributed by atoms with Crippen LogP contribution in [0.1, 0.15) is 94.4 Å². The first-order valence-electron chi connectivity index (χ1n) is 9.05. The van der Waals surface area contributed by atoms with Crippen LogP contribution in [0.3, 0.4) is 0 Å². The molecule has 0 saturated heterocycles. The predicted octanol–water partition coefficient (Wildman–Crippen LogP) is 6.94. The molecule has 0 bridgehead atoms. The first kappa shape index (κ1) is 18.1. The molecule has 1 fully saturated rings. The van der Waals surface area contributed by atoms with Gasteiger partial charge in [-0.15, -0.1) is 0 Å². The molecule has 3 unspecified atom stereocenters. The van der Waals surface area contributed by atoms with Crippen LogP contribution in [0.25, 0.3) is 0 Å². The monoisotopic (exact) mass is 280 g/mol. The molecule has 0 radical (unpaired) electrons. The van der Waals surface area contributed by atoms with Crippen molar-refractivity contribution in [3.63, 3.8) is 0 Å². The molecule has 20 heavy (non-hydrogen) atoms. The summed E-state index contributed by atoms with van der Waals surface area (Å²) in [5.74, 6) is 2.57. The van der Waals surface area contributed by atoms with Crippen LogP contribution < -0.4 is 0 Å². The lowest BCUT2D eigenvalue weighted by Crippen LogP contribution is -2.44. The molecule has 0 heterocycles. The molecule has 0 aromatic carbocycles. The Labute approximate surface area is 129 Å². The third-order valence-corrected chi connectivity index (χ3v) is 7.18. The van der Waals surface area contributed by atoms with E-state index in [0.29, 0.717) is 16.2 Å². The Morgan fingerprint density at radius 1 is 1.10 bits per heavy atom. The van der Waals surface area contributed by atoms with E-state index in [1.54, 1.807) is 0 Å².